The van der Waals surface area contributed by atoms with Gasteiger partial charge in [-0.25, -0.2) is 4.79 Å². The van der Waals surface area contributed by atoms with Crippen molar-refractivity contribution in [3.8, 4) is 5.75 Å². The predicted octanol–water partition coefficient (Wildman–Crippen LogP) is 0.827. The van der Waals surface area contributed by atoms with Crippen LogP contribution in [0.1, 0.15) is 16.8 Å². The second-order valence-electron chi connectivity index (χ2n) is 3.32. The number of hydrogen-bond acceptors (Lipinski definition) is 5. The highest BCUT2D eigenvalue weighted by molar-refractivity contribution is 7.85. The lowest BCUT2D eigenvalue weighted by molar-refractivity contribution is 0.0505. The van der Waals surface area contributed by atoms with Gasteiger partial charge in [-0.05, 0) is 30.7 Å². The molecule has 0 aliphatic heterocycles. The lowest BCUT2D eigenvalue weighted by Crippen LogP contribution is -2.11. The largest absolute Gasteiger partial charge is 0.508 e. The number of ether oxygens (including phenoxy) is 1. The first-order valence-corrected chi connectivity index (χ1v) is 6.41. The fourth-order valence-electron chi connectivity index (χ4n) is 1.09. The molecule has 94 valence electrons. The van der Waals surface area contributed by atoms with Crippen molar-refractivity contribution in [2.45, 2.75) is 6.42 Å². The van der Waals surface area contributed by atoms with Gasteiger partial charge in [-0.15, -0.1) is 0 Å². The van der Waals surface area contributed by atoms with E-state index in [1.807, 2.05) is 0 Å². The Morgan fingerprint density at radius 1 is 1.24 bits per heavy atom. The van der Waals surface area contributed by atoms with Crippen molar-refractivity contribution in [2.24, 2.45) is 0 Å². The van der Waals surface area contributed by atoms with Crippen molar-refractivity contribution >= 4 is 16.1 Å². The minimum atomic E-state index is -4.02. The van der Waals surface area contributed by atoms with Gasteiger partial charge in [0.1, 0.15) is 5.75 Å². The zero-order valence-electron chi connectivity index (χ0n) is 8.87. The Labute approximate surface area is 98.6 Å². The van der Waals surface area contributed by atoms with Crippen LogP contribution in [-0.4, -0.2) is 36.4 Å². The number of carbonyl (C=O) groups is 1. The second-order valence-corrected chi connectivity index (χ2v) is 4.89. The van der Waals surface area contributed by atoms with Crippen LogP contribution in [0, 0.1) is 0 Å². The molecule has 1 aromatic carbocycles. The van der Waals surface area contributed by atoms with E-state index in [1.165, 1.54) is 24.3 Å². The molecule has 0 saturated heterocycles. The Hall–Kier alpha value is -1.60. The molecular formula is C10H12O6S. The molecule has 0 amide bonds. The van der Waals surface area contributed by atoms with E-state index in [0.717, 1.165) is 0 Å². The summed E-state index contributed by atoms with van der Waals surface area (Å²) in [7, 11) is -4.02. The Kier molecular flexibility index (Phi) is 4.47. The third-order valence-electron chi connectivity index (χ3n) is 1.88. The lowest BCUT2D eigenvalue weighted by Gasteiger charge is -2.03. The van der Waals surface area contributed by atoms with Crippen molar-refractivity contribution in [3.05, 3.63) is 29.8 Å². The van der Waals surface area contributed by atoms with Crippen molar-refractivity contribution in [3.63, 3.8) is 0 Å². The first kappa shape index (κ1) is 13.5. The Bertz CT molecular complexity index is 476. The van der Waals surface area contributed by atoms with Crippen LogP contribution in [0.3, 0.4) is 0 Å². The first-order chi connectivity index (χ1) is 7.88. The zero-order chi connectivity index (χ0) is 12.9. The van der Waals surface area contributed by atoms with Gasteiger partial charge in [-0.2, -0.15) is 8.42 Å². The average Bonchev–Trinajstić information content (AvgIpc) is 2.24. The molecule has 6 nitrogen and oxygen atoms in total. The molecule has 0 radical (unpaired) electrons. The van der Waals surface area contributed by atoms with Gasteiger partial charge in [0.15, 0.2) is 0 Å². The summed E-state index contributed by atoms with van der Waals surface area (Å²) in [4.78, 5) is 11.4. The first-order valence-electron chi connectivity index (χ1n) is 4.80. The number of carbonyl (C=O) groups excluding carboxylic acids is 1. The van der Waals surface area contributed by atoms with Gasteiger partial charge in [-0.1, -0.05) is 0 Å². The number of benzene rings is 1. The van der Waals surface area contributed by atoms with Gasteiger partial charge in [0.25, 0.3) is 10.1 Å². The van der Waals surface area contributed by atoms with Crippen LogP contribution in [0.4, 0.5) is 0 Å². The van der Waals surface area contributed by atoms with Gasteiger partial charge in [0.2, 0.25) is 0 Å². The molecule has 1 aromatic rings. The summed E-state index contributed by atoms with van der Waals surface area (Å²) in [5.41, 5.74) is 0.259. The summed E-state index contributed by atoms with van der Waals surface area (Å²) < 4.78 is 33.9. The monoisotopic (exact) mass is 260 g/mol. The maximum atomic E-state index is 11.4. The minimum Gasteiger partial charge on any atom is -0.508 e. The average molecular weight is 260 g/mol. The zero-order valence-corrected chi connectivity index (χ0v) is 9.68. The molecule has 0 unspecified atom stereocenters. The van der Waals surface area contributed by atoms with Crippen LogP contribution in [0.5, 0.6) is 5.75 Å². The van der Waals surface area contributed by atoms with Crippen LogP contribution < -0.4 is 0 Å². The molecule has 0 heterocycles. The standard InChI is InChI=1S/C10H12O6S/c11-9-4-2-8(3-5-9)10(12)16-6-1-7-17(13,14)15/h2-5,11H,1,6-7H2,(H,13,14,15). The van der Waals surface area contributed by atoms with Crippen molar-refractivity contribution in [1.29, 1.82) is 0 Å². The van der Waals surface area contributed by atoms with E-state index in [0.29, 0.717) is 0 Å². The predicted molar refractivity (Wildman–Crippen MR) is 59.4 cm³/mol. The summed E-state index contributed by atoms with van der Waals surface area (Å²) >= 11 is 0. The molecule has 0 aliphatic rings. The molecule has 0 spiro atoms. The fourth-order valence-corrected chi connectivity index (χ4v) is 1.57. The van der Waals surface area contributed by atoms with E-state index in [-0.39, 0.29) is 24.3 Å². The van der Waals surface area contributed by atoms with E-state index in [2.05, 4.69) is 0 Å². The number of rotatable bonds is 5. The van der Waals surface area contributed by atoms with E-state index in [4.69, 9.17) is 14.4 Å². The SMILES string of the molecule is O=C(OCCCS(=O)(=O)O)c1ccc(O)cc1. The van der Waals surface area contributed by atoms with Gasteiger partial charge < -0.3 is 9.84 Å². The highest BCUT2D eigenvalue weighted by atomic mass is 32.2. The quantitative estimate of drug-likeness (QED) is 0.462. The molecule has 0 saturated carbocycles. The number of esters is 1. The Morgan fingerprint density at radius 3 is 2.35 bits per heavy atom. The van der Waals surface area contributed by atoms with E-state index in [9.17, 15) is 13.2 Å². The van der Waals surface area contributed by atoms with Gasteiger partial charge >= 0.3 is 5.97 Å². The van der Waals surface area contributed by atoms with E-state index in [1.54, 1.807) is 0 Å². The van der Waals surface area contributed by atoms with Crippen molar-refractivity contribution in [2.75, 3.05) is 12.4 Å². The third kappa shape index (κ3) is 5.32. The van der Waals surface area contributed by atoms with Crippen LogP contribution >= 0.6 is 0 Å². The van der Waals surface area contributed by atoms with Gasteiger partial charge in [0.05, 0.1) is 17.9 Å². The number of phenols is 1. The third-order valence-corrected chi connectivity index (χ3v) is 2.69. The van der Waals surface area contributed by atoms with E-state index >= 15 is 0 Å². The molecule has 1 rings (SSSR count). The number of hydrogen-bond donors (Lipinski definition) is 2. The Balaban J connectivity index is 2.38. The second kappa shape index (κ2) is 5.65. The van der Waals surface area contributed by atoms with Gasteiger partial charge in [-0.3, -0.25) is 4.55 Å². The molecule has 0 fully saturated rings. The molecule has 0 bridgehead atoms. The van der Waals surface area contributed by atoms with E-state index < -0.39 is 21.8 Å². The lowest BCUT2D eigenvalue weighted by atomic mass is 10.2. The molecule has 17 heavy (non-hydrogen) atoms. The van der Waals surface area contributed by atoms with Crippen molar-refractivity contribution < 1.29 is 27.6 Å². The summed E-state index contributed by atoms with van der Waals surface area (Å²) in [6, 6.07) is 5.46. The molecule has 0 atom stereocenters. The maximum absolute atomic E-state index is 11.4. The highest BCUT2D eigenvalue weighted by Gasteiger charge is 2.08. The fraction of sp³-hybridized carbons (Fsp3) is 0.300. The smallest absolute Gasteiger partial charge is 0.338 e. The number of aromatic hydroxyl groups is 1. The van der Waals surface area contributed by atoms with Crippen LogP contribution in [0.2, 0.25) is 0 Å². The summed E-state index contributed by atoms with van der Waals surface area (Å²) in [6.07, 6.45) is 0.0304. The van der Waals surface area contributed by atoms with Crippen molar-refractivity contribution in [1.82, 2.24) is 0 Å². The molecule has 0 aromatic heterocycles. The maximum Gasteiger partial charge on any atom is 0.338 e. The molecule has 0 aliphatic carbocycles. The van der Waals surface area contributed by atoms with Crippen LogP contribution in [-0.2, 0) is 14.9 Å². The number of phenolic OH excluding ortho intramolecular Hbond substituents is 1. The Morgan fingerprint density at radius 2 is 1.82 bits per heavy atom. The normalized spacial score (nSPS) is 11.1. The molecular weight excluding hydrogens is 248 g/mol. The summed E-state index contributed by atoms with van der Waals surface area (Å²) in [5, 5.41) is 9.00. The summed E-state index contributed by atoms with van der Waals surface area (Å²) in [5.74, 6) is -1.02. The van der Waals surface area contributed by atoms with Crippen LogP contribution in [0.25, 0.3) is 0 Å². The molecule has 2 N–H and O–H groups in total. The minimum absolute atomic E-state index is 0.0304. The molecule has 7 heteroatoms. The van der Waals surface area contributed by atoms with Gasteiger partial charge in [0, 0.05) is 0 Å². The topological polar surface area (TPSA) is 101 Å². The summed E-state index contributed by atoms with van der Waals surface area (Å²) in [6.45, 7) is -0.0977. The highest BCUT2D eigenvalue weighted by Crippen LogP contribution is 2.10. The van der Waals surface area contributed by atoms with Crippen LogP contribution in [0.15, 0.2) is 24.3 Å².